The van der Waals surface area contributed by atoms with Gasteiger partial charge in [-0.15, -0.1) is 0 Å². The molecule has 0 atom stereocenters. The molecule has 0 fully saturated rings. The maximum atomic E-state index is 6.35. The van der Waals surface area contributed by atoms with Crippen molar-refractivity contribution in [1.29, 1.82) is 0 Å². The molecule has 0 saturated heterocycles. The zero-order valence-corrected chi connectivity index (χ0v) is 17.3. The molecule has 0 radical (unpaired) electrons. The lowest BCUT2D eigenvalue weighted by Crippen LogP contribution is -2.61. The Bertz CT molecular complexity index is 345. The first kappa shape index (κ1) is 23.2. The minimum atomic E-state index is -2.68. The third-order valence-corrected chi connectivity index (χ3v) is 12.7. The summed E-state index contributed by atoms with van der Waals surface area (Å²) in [5.41, 5.74) is 0. The van der Waals surface area contributed by atoms with Crippen LogP contribution in [0.4, 0.5) is 0 Å². The van der Waals surface area contributed by atoms with E-state index in [0.29, 0.717) is 0 Å². The Morgan fingerprint density at radius 1 is 0.667 bits per heavy atom. The number of rotatable bonds is 7. The molecule has 0 aliphatic heterocycles. The van der Waals surface area contributed by atoms with Crippen LogP contribution < -0.4 is 5.19 Å². The Labute approximate surface area is 138 Å². The van der Waals surface area contributed by atoms with Crippen LogP contribution in [0.3, 0.4) is 0 Å². The van der Waals surface area contributed by atoms with Gasteiger partial charge in [0.2, 0.25) is 0 Å². The van der Waals surface area contributed by atoms with Gasteiger partial charge < -0.3 is 12.3 Å². The molecule has 124 valence electrons. The van der Waals surface area contributed by atoms with E-state index < -0.39 is 35.9 Å². The Morgan fingerprint density at radius 3 is 1.29 bits per heavy atom. The van der Waals surface area contributed by atoms with Crippen LogP contribution in [0.15, 0.2) is 30.3 Å². The summed E-state index contributed by atoms with van der Waals surface area (Å²) in [6.45, 7) is 13.1. The van der Waals surface area contributed by atoms with Crippen molar-refractivity contribution in [3.8, 4) is 0 Å². The van der Waals surface area contributed by atoms with E-state index in [2.05, 4.69) is 51.4 Å². The molecule has 0 unspecified atom stereocenters. The zero-order valence-electron chi connectivity index (χ0n) is 12.8. The van der Waals surface area contributed by atoms with Gasteiger partial charge in [-0.25, -0.2) is 0 Å². The fourth-order valence-electron chi connectivity index (χ4n) is 1.86. The summed E-state index contributed by atoms with van der Waals surface area (Å²) < 4.78 is 19.0. The van der Waals surface area contributed by atoms with Crippen LogP contribution >= 0.6 is 0 Å². The fraction of sp³-hybridized carbons (Fsp3) is 0.571. The van der Waals surface area contributed by atoms with Crippen molar-refractivity contribution in [3.63, 3.8) is 0 Å². The van der Waals surface area contributed by atoms with Gasteiger partial charge in [0.25, 0.3) is 0 Å². The van der Waals surface area contributed by atoms with Gasteiger partial charge >= 0.3 is 8.80 Å². The molecule has 0 N–H and O–H groups in total. The molecule has 0 bridgehead atoms. The van der Waals surface area contributed by atoms with Crippen molar-refractivity contribution >= 4 is 41.1 Å². The first-order valence-electron chi connectivity index (χ1n) is 6.94. The Kier molecular flexibility index (Phi) is 11.8. The Hall–Kier alpha value is -0.0325. The molecule has 0 saturated carbocycles. The topological polar surface area (TPSA) is 27.7 Å². The number of benzene rings is 1. The summed E-state index contributed by atoms with van der Waals surface area (Å²) in [5, 5.41) is 1.12. The lowest BCUT2D eigenvalue weighted by Gasteiger charge is -2.35. The van der Waals surface area contributed by atoms with E-state index in [0.717, 1.165) is 5.19 Å². The highest BCUT2D eigenvalue weighted by Gasteiger charge is 2.45. The lowest BCUT2D eigenvalue weighted by atomic mass is 10.4. The van der Waals surface area contributed by atoms with Crippen LogP contribution in [0.25, 0.3) is 0 Å². The average molecular weight is 363 g/mol. The average Bonchev–Trinajstić information content (AvgIpc) is 2.27. The minimum Gasteiger partial charge on any atom is -0.416 e. The molecule has 0 aliphatic carbocycles. The molecule has 0 spiro atoms. The summed E-state index contributed by atoms with van der Waals surface area (Å²) in [6, 6.07) is 10.3. The normalized spacial score (nSPS) is 11.5. The van der Waals surface area contributed by atoms with Gasteiger partial charge in [-0.1, -0.05) is 45.2 Å². The predicted molar refractivity (Wildman–Crippen MR) is 105 cm³/mol. The third kappa shape index (κ3) is 7.68. The molecule has 0 heterocycles. The zero-order chi connectivity index (χ0) is 14.5. The third-order valence-electron chi connectivity index (χ3n) is 2.30. The van der Waals surface area contributed by atoms with E-state index in [1.807, 2.05) is 18.2 Å². The molecule has 1 aromatic rings. The van der Waals surface area contributed by atoms with Gasteiger partial charge in [0, 0.05) is 5.19 Å². The molecular formula is C14H34O3Si4. The van der Waals surface area contributed by atoms with E-state index in [1.165, 1.54) is 0 Å². The van der Waals surface area contributed by atoms with E-state index in [1.54, 1.807) is 0 Å². The summed E-state index contributed by atoms with van der Waals surface area (Å²) in [7, 11) is -6.36. The van der Waals surface area contributed by atoms with E-state index in [9.17, 15) is 0 Å². The van der Waals surface area contributed by atoms with Gasteiger partial charge in [-0.2, -0.15) is 0 Å². The highest BCUT2D eigenvalue weighted by molar-refractivity contribution is 6.88. The maximum absolute atomic E-state index is 6.35. The lowest BCUT2D eigenvalue weighted by molar-refractivity contribution is 0.290. The second-order valence-electron chi connectivity index (χ2n) is 5.42. The number of hydrogen-bond donors (Lipinski definition) is 0. The molecule has 1 rings (SSSR count). The van der Waals surface area contributed by atoms with Crippen LogP contribution in [0.5, 0.6) is 0 Å². The van der Waals surface area contributed by atoms with Crippen molar-refractivity contribution < 1.29 is 12.3 Å². The van der Waals surface area contributed by atoms with Crippen molar-refractivity contribution in [3.05, 3.63) is 30.3 Å². The quantitative estimate of drug-likeness (QED) is 0.698. The van der Waals surface area contributed by atoms with E-state index >= 15 is 0 Å². The molecule has 0 aliphatic rings. The van der Waals surface area contributed by atoms with Gasteiger partial charge in [0.1, 0.15) is 0 Å². The van der Waals surface area contributed by atoms with Crippen molar-refractivity contribution in [1.82, 2.24) is 0 Å². The highest BCUT2D eigenvalue weighted by Crippen LogP contribution is 2.15. The van der Waals surface area contributed by atoms with Gasteiger partial charge in [0.05, 0.1) is 0 Å². The summed E-state index contributed by atoms with van der Waals surface area (Å²) >= 11 is 0. The second kappa shape index (κ2) is 10.7. The minimum absolute atomic E-state index is 0. The summed E-state index contributed by atoms with van der Waals surface area (Å²) in [5.74, 6) is 0. The van der Waals surface area contributed by atoms with Crippen molar-refractivity contribution in [2.75, 3.05) is 0 Å². The standard InChI is InChI=1S/C12H26O3Si4.2CH4/c1-16(2)13-19(14-17(3)4,15-18(5)6)12-10-8-7-9-11-12;;/h7-11,16-18H,1-6H3;2*1H4. The molecule has 3 nitrogen and oxygen atoms in total. The van der Waals surface area contributed by atoms with Crippen LogP contribution in [0.1, 0.15) is 14.9 Å². The Balaban J connectivity index is 0. The molecule has 1 aromatic carbocycles. The van der Waals surface area contributed by atoms with Gasteiger partial charge in [0.15, 0.2) is 27.1 Å². The molecule has 0 amide bonds. The summed E-state index contributed by atoms with van der Waals surface area (Å²) in [4.78, 5) is 0. The first-order valence-corrected chi connectivity index (χ1v) is 17.0. The smallest absolute Gasteiger partial charge is 0.416 e. The summed E-state index contributed by atoms with van der Waals surface area (Å²) in [6.07, 6.45) is 0. The molecule has 0 aromatic heterocycles. The maximum Gasteiger partial charge on any atom is 0.505 e. The van der Waals surface area contributed by atoms with Crippen LogP contribution in [-0.4, -0.2) is 35.9 Å². The van der Waals surface area contributed by atoms with Gasteiger partial charge in [-0.05, 0) is 39.3 Å². The van der Waals surface area contributed by atoms with Crippen LogP contribution in [-0.2, 0) is 12.3 Å². The molecular weight excluding hydrogens is 328 g/mol. The second-order valence-corrected chi connectivity index (χ2v) is 16.2. The predicted octanol–water partition coefficient (Wildman–Crippen LogP) is 3.10. The monoisotopic (exact) mass is 362 g/mol. The van der Waals surface area contributed by atoms with Crippen molar-refractivity contribution in [2.45, 2.75) is 54.1 Å². The SMILES string of the molecule is C.C.C[SiH](C)O[Si](O[SiH](C)C)(O[SiH](C)C)c1ccccc1. The largest absolute Gasteiger partial charge is 0.505 e. The highest BCUT2D eigenvalue weighted by atomic mass is 28.5. The van der Waals surface area contributed by atoms with Crippen molar-refractivity contribution in [2.24, 2.45) is 0 Å². The number of hydrogen-bond acceptors (Lipinski definition) is 3. The Morgan fingerprint density at radius 2 is 1.00 bits per heavy atom. The molecule has 21 heavy (non-hydrogen) atoms. The van der Waals surface area contributed by atoms with Crippen LogP contribution in [0.2, 0.25) is 39.3 Å². The fourth-order valence-corrected chi connectivity index (χ4v) is 13.7. The van der Waals surface area contributed by atoms with Gasteiger partial charge in [-0.3, -0.25) is 0 Å². The van der Waals surface area contributed by atoms with E-state index in [4.69, 9.17) is 12.3 Å². The molecule has 7 heteroatoms. The van der Waals surface area contributed by atoms with Crippen LogP contribution in [0, 0.1) is 0 Å². The van der Waals surface area contributed by atoms with E-state index in [-0.39, 0.29) is 14.9 Å². The first-order chi connectivity index (χ1) is 8.85.